The van der Waals surface area contributed by atoms with Gasteiger partial charge in [0.05, 0.1) is 12.0 Å². The highest BCUT2D eigenvalue weighted by atomic mass is 16.5. The highest BCUT2D eigenvalue weighted by Gasteiger charge is 2.44. The summed E-state index contributed by atoms with van der Waals surface area (Å²) < 4.78 is 5.30. The second-order valence-electron chi connectivity index (χ2n) is 4.74. The monoisotopic (exact) mass is 249 g/mol. The van der Waals surface area contributed by atoms with E-state index >= 15 is 0 Å². The van der Waals surface area contributed by atoms with Crippen LogP contribution >= 0.6 is 0 Å². The van der Waals surface area contributed by atoms with Crippen molar-refractivity contribution < 1.29 is 14.6 Å². The summed E-state index contributed by atoms with van der Waals surface area (Å²) in [6.07, 6.45) is 7.72. The summed E-state index contributed by atoms with van der Waals surface area (Å²) in [6, 6.07) is 3.81. The maximum absolute atomic E-state index is 12.3. The van der Waals surface area contributed by atoms with Crippen molar-refractivity contribution in [1.29, 1.82) is 0 Å². The van der Waals surface area contributed by atoms with Gasteiger partial charge in [0.1, 0.15) is 0 Å². The van der Waals surface area contributed by atoms with Gasteiger partial charge in [0.25, 0.3) is 0 Å². The Hall–Kier alpha value is -1.42. The molecule has 0 radical (unpaired) electrons. The van der Waals surface area contributed by atoms with Crippen LogP contribution in [-0.2, 0) is 14.9 Å². The van der Waals surface area contributed by atoms with Crippen molar-refractivity contribution in [2.45, 2.75) is 37.5 Å². The smallest absolute Gasteiger partial charge is 0.316 e. The number of nitrogens with zero attached hydrogens (tertiary/aromatic N) is 1. The number of carbonyl (C=O) groups excluding carboxylic acids is 1. The zero-order valence-corrected chi connectivity index (χ0v) is 10.5. The van der Waals surface area contributed by atoms with Gasteiger partial charge in [-0.3, -0.25) is 9.78 Å². The molecule has 0 spiro atoms. The normalized spacial score (nSPS) is 17.6. The lowest BCUT2D eigenvalue weighted by Gasteiger charge is -2.26. The summed E-state index contributed by atoms with van der Waals surface area (Å²) in [5, 5.41) is 8.72. The molecule has 0 saturated heterocycles. The number of rotatable bonds is 5. The predicted molar refractivity (Wildman–Crippen MR) is 67.0 cm³/mol. The molecule has 0 bridgehead atoms. The third-order valence-electron chi connectivity index (χ3n) is 3.60. The molecule has 1 N–H and O–H groups in total. The molecule has 1 aromatic rings. The maximum atomic E-state index is 12.3. The fourth-order valence-electron chi connectivity index (χ4n) is 2.60. The van der Waals surface area contributed by atoms with Crippen molar-refractivity contribution in [3.8, 4) is 0 Å². The lowest BCUT2D eigenvalue weighted by molar-refractivity contribution is -0.150. The number of aliphatic hydroxyl groups excluding tert-OH is 1. The van der Waals surface area contributed by atoms with Crippen LogP contribution in [0.3, 0.4) is 0 Å². The van der Waals surface area contributed by atoms with Gasteiger partial charge in [-0.2, -0.15) is 0 Å². The lowest BCUT2D eigenvalue weighted by atomic mass is 9.80. The number of aliphatic hydroxyl groups is 1. The minimum absolute atomic E-state index is 0.0488. The van der Waals surface area contributed by atoms with Gasteiger partial charge in [0.2, 0.25) is 0 Å². The minimum atomic E-state index is -0.510. The van der Waals surface area contributed by atoms with E-state index in [0.717, 1.165) is 31.2 Å². The van der Waals surface area contributed by atoms with Gasteiger partial charge >= 0.3 is 5.97 Å². The van der Waals surface area contributed by atoms with Gasteiger partial charge in [-0.15, -0.1) is 0 Å². The number of esters is 1. The second-order valence-corrected chi connectivity index (χ2v) is 4.74. The molecule has 0 aromatic carbocycles. The van der Waals surface area contributed by atoms with Crippen molar-refractivity contribution in [3.05, 3.63) is 30.1 Å². The number of ether oxygens (including phenoxy) is 1. The molecule has 4 nitrogen and oxygen atoms in total. The average molecular weight is 249 g/mol. The Balaban J connectivity index is 2.14. The first-order valence-electron chi connectivity index (χ1n) is 6.48. The third kappa shape index (κ3) is 2.53. The van der Waals surface area contributed by atoms with E-state index in [4.69, 9.17) is 9.84 Å². The molecular weight excluding hydrogens is 230 g/mol. The van der Waals surface area contributed by atoms with Crippen molar-refractivity contribution >= 4 is 5.97 Å². The molecule has 0 atom stereocenters. The number of hydrogen-bond donors (Lipinski definition) is 1. The molecule has 0 aliphatic heterocycles. The number of aromatic nitrogens is 1. The van der Waals surface area contributed by atoms with E-state index in [1.807, 2.05) is 12.1 Å². The molecule has 18 heavy (non-hydrogen) atoms. The van der Waals surface area contributed by atoms with Crippen LogP contribution in [0.4, 0.5) is 0 Å². The summed E-state index contributed by atoms with van der Waals surface area (Å²) >= 11 is 0. The van der Waals surface area contributed by atoms with Crippen LogP contribution in [0, 0.1) is 0 Å². The first-order chi connectivity index (χ1) is 8.79. The van der Waals surface area contributed by atoms with Gasteiger partial charge in [0, 0.05) is 25.4 Å². The van der Waals surface area contributed by atoms with E-state index in [1.165, 1.54) is 0 Å². The Morgan fingerprint density at radius 2 is 2.22 bits per heavy atom. The highest BCUT2D eigenvalue weighted by Crippen LogP contribution is 2.41. The summed E-state index contributed by atoms with van der Waals surface area (Å²) in [7, 11) is 0. The van der Waals surface area contributed by atoms with Crippen molar-refractivity contribution in [2.24, 2.45) is 0 Å². The van der Waals surface area contributed by atoms with Crippen LogP contribution in [0.15, 0.2) is 24.5 Å². The van der Waals surface area contributed by atoms with Crippen LogP contribution in [0.1, 0.15) is 37.7 Å². The van der Waals surface area contributed by atoms with Crippen molar-refractivity contribution in [1.82, 2.24) is 4.98 Å². The topological polar surface area (TPSA) is 59.4 Å². The van der Waals surface area contributed by atoms with Gasteiger partial charge in [-0.25, -0.2) is 0 Å². The molecular formula is C14H19NO3. The molecule has 1 heterocycles. The Bertz CT molecular complexity index is 385. The predicted octanol–water partition coefficient (Wildman–Crippen LogP) is 1.82. The fourth-order valence-corrected chi connectivity index (χ4v) is 2.60. The van der Waals surface area contributed by atoms with Gasteiger partial charge in [-0.05, 0) is 24.5 Å². The molecule has 2 rings (SSSR count). The van der Waals surface area contributed by atoms with E-state index < -0.39 is 5.41 Å². The molecule has 0 amide bonds. The SMILES string of the molecule is O=C(OCCCO)C1(c2cccnc2)CCCC1. The van der Waals surface area contributed by atoms with E-state index in [2.05, 4.69) is 4.98 Å². The van der Waals surface area contributed by atoms with Crippen LogP contribution in [0.2, 0.25) is 0 Å². The first-order valence-corrected chi connectivity index (χ1v) is 6.48. The van der Waals surface area contributed by atoms with E-state index in [0.29, 0.717) is 6.42 Å². The molecule has 1 aromatic heterocycles. The van der Waals surface area contributed by atoms with Crippen LogP contribution in [-0.4, -0.2) is 29.3 Å². The highest BCUT2D eigenvalue weighted by molar-refractivity contribution is 5.83. The standard InChI is InChI=1S/C14H19NO3/c16-9-4-10-18-13(17)14(6-1-2-7-14)12-5-3-8-15-11-12/h3,5,8,11,16H,1-2,4,6-7,9-10H2. The third-order valence-corrected chi connectivity index (χ3v) is 3.60. The number of pyridine rings is 1. The summed E-state index contributed by atoms with van der Waals surface area (Å²) in [4.78, 5) is 16.4. The largest absolute Gasteiger partial charge is 0.465 e. The van der Waals surface area contributed by atoms with E-state index in [-0.39, 0.29) is 19.2 Å². The maximum Gasteiger partial charge on any atom is 0.316 e. The minimum Gasteiger partial charge on any atom is -0.465 e. The summed E-state index contributed by atoms with van der Waals surface area (Å²) in [6.45, 7) is 0.338. The zero-order valence-electron chi connectivity index (χ0n) is 10.5. The van der Waals surface area contributed by atoms with E-state index in [9.17, 15) is 4.79 Å². The van der Waals surface area contributed by atoms with Gasteiger partial charge in [0.15, 0.2) is 0 Å². The molecule has 1 fully saturated rings. The summed E-state index contributed by atoms with van der Waals surface area (Å²) in [5.41, 5.74) is 0.445. The van der Waals surface area contributed by atoms with E-state index in [1.54, 1.807) is 12.4 Å². The molecule has 98 valence electrons. The Labute approximate surface area is 107 Å². The van der Waals surface area contributed by atoms with Crippen molar-refractivity contribution in [3.63, 3.8) is 0 Å². The fraction of sp³-hybridized carbons (Fsp3) is 0.571. The molecule has 1 aliphatic rings. The lowest BCUT2D eigenvalue weighted by Crippen LogP contribution is -2.35. The average Bonchev–Trinajstić information content (AvgIpc) is 2.90. The molecule has 0 unspecified atom stereocenters. The Morgan fingerprint density at radius 1 is 1.44 bits per heavy atom. The molecule has 1 aliphatic carbocycles. The summed E-state index contributed by atoms with van der Waals surface area (Å²) in [5.74, 6) is -0.165. The van der Waals surface area contributed by atoms with Crippen LogP contribution in [0.5, 0.6) is 0 Å². The zero-order chi connectivity index (χ0) is 12.8. The Kier molecular flexibility index (Phi) is 4.31. The number of carbonyl (C=O) groups is 1. The van der Waals surface area contributed by atoms with Gasteiger partial charge in [-0.1, -0.05) is 18.9 Å². The first kappa shape index (κ1) is 13.0. The second kappa shape index (κ2) is 5.96. The van der Waals surface area contributed by atoms with Gasteiger partial charge < -0.3 is 9.84 Å². The number of hydrogen-bond acceptors (Lipinski definition) is 4. The van der Waals surface area contributed by atoms with Crippen LogP contribution < -0.4 is 0 Å². The Morgan fingerprint density at radius 3 is 2.83 bits per heavy atom. The van der Waals surface area contributed by atoms with Crippen LogP contribution in [0.25, 0.3) is 0 Å². The molecule has 4 heteroatoms. The molecule has 1 saturated carbocycles. The quantitative estimate of drug-likeness (QED) is 0.638. The van der Waals surface area contributed by atoms with Crippen molar-refractivity contribution in [2.75, 3.05) is 13.2 Å².